The SMILES string of the molecule is CCCCCCc1cc(-c2cc(CCCCCC)c(-c3cccs3)s2)sc1-c1cccs1. The number of unbranched alkanes of at least 4 members (excludes halogenated alkanes) is 6. The molecule has 0 amide bonds. The molecule has 0 N–H and O–H groups in total. The molecule has 0 fully saturated rings. The molecule has 0 unspecified atom stereocenters. The number of hydrogen-bond donors (Lipinski definition) is 0. The smallest absolute Gasteiger partial charge is 0.0481 e. The second kappa shape index (κ2) is 12.3. The molecule has 0 spiro atoms. The Kier molecular flexibility index (Phi) is 9.21. The molecular weight excluding hydrogens is 465 g/mol. The van der Waals surface area contributed by atoms with E-state index in [1.165, 1.54) is 93.5 Å². The van der Waals surface area contributed by atoms with Crippen LogP contribution in [0.1, 0.15) is 76.3 Å². The second-order valence-electron chi connectivity index (χ2n) is 8.51. The van der Waals surface area contributed by atoms with Gasteiger partial charge in [-0.1, -0.05) is 64.5 Å². The molecule has 0 aliphatic heterocycles. The van der Waals surface area contributed by atoms with Gasteiger partial charge in [-0.05, 0) is 71.8 Å². The van der Waals surface area contributed by atoms with Crippen molar-refractivity contribution in [2.75, 3.05) is 0 Å². The van der Waals surface area contributed by atoms with Gasteiger partial charge >= 0.3 is 0 Å². The summed E-state index contributed by atoms with van der Waals surface area (Å²) in [7, 11) is 0. The Morgan fingerprint density at radius 1 is 0.562 bits per heavy atom. The van der Waals surface area contributed by atoms with Crippen molar-refractivity contribution in [3.8, 4) is 29.3 Å². The van der Waals surface area contributed by atoms with E-state index in [0.29, 0.717) is 0 Å². The van der Waals surface area contributed by atoms with Gasteiger partial charge in [0.2, 0.25) is 0 Å². The fraction of sp³-hybridized carbons (Fsp3) is 0.429. The zero-order chi connectivity index (χ0) is 22.2. The van der Waals surface area contributed by atoms with Crippen LogP contribution < -0.4 is 0 Å². The van der Waals surface area contributed by atoms with Crippen LogP contribution in [0.4, 0.5) is 0 Å². The molecular formula is C28H34S4. The van der Waals surface area contributed by atoms with E-state index in [1.54, 1.807) is 11.1 Å². The fourth-order valence-corrected chi connectivity index (χ4v) is 8.46. The molecule has 4 aromatic rings. The highest BCUT2D eigenvalue weighted by Gasteiger charge is 2.18. The van der Waals surface area contributed by atoms with Crippen molar-refractivity contribution in [3.05, 3.63) is 58.3 Å². The topological polar surface area (TPSA) is 0 Å². The lowest BCUT2D eigenvalue weighted by Gasteiger charge is -2.01. The Morgan fingerprint density at radius 3 is 1.41 bits per heavy atom. The quantitative estimate of drug-likeness (QED) is 0.161. The molecule has 4 heteroatoms. The summed E-state index contributed by atoms with van der Waals surface area (Å²) in [5.41, 5.74) is 3.11. The van der Waals surface area contributed by atoms with Crippen LogP contribution in [0, 0.1) is 0 Å². The van der Waals surface area contributed by atoms with Crippen molar-refractivity contribution in [1.82, 2.24) is 0 Å². The maximum absolute atomic E-state index is 2.51. The number of thiophene rings is 4. The van der Waals surface area contributed by atoms with Gasteiger partial charge in [-0.3, -0.25) is 0 Å². The summed E-state index contributed by atoms with van der Waals surface area (Å²) >= 11 is 7.78. The Hall–Kier alpha value is -1.20. The Bertz CT molecular complexity index is 961. The first-order chi connectivity index (χ1) is 15.8. The largest absolute Gasteiger partial charge is 0.143 e. The van der Waals surface area contributed by atoms with Crippen LogP contribution in [-0.2, 0) is 12.8 Å². The van der Waals surface area contributed by atoms with Crippen molar-refractivity contribution in [1.29, 1.82) is 0 Å². The van der Waals surface area contributed by atoms with Crippen molar-refractivity contribution >= 4 is 45.3 Å². The Morgan fingerprint density at radius 2 is 1.03 bits per heavy atom. The van der Waals surface area contributed by atoms with Crippen molar-refractivity contribution in [2.24, 2.45) is 0 Å². The molecule has 0 aliphatic rings. The van der Waals surface area contributed by atoms with Crippen LogP contribution in [0.25, 0.3) is 29.3 Å². The van der Waals surface area contributed by atoms with E-state index in [4.69, 9.17) is 0 Å². The molecule has 0 atom stereocenters. The number of hydrogen-bond acceptors (Lipinski definition) is 4. The van der Waals surface area contributed by atoms with Gasteiger partial charge in [0, 0.05) is 29.3 Å². The monoisotopic (exact) mass is 498 g/mol. The molecule has 0 radical (unpaired) electrons. The van der Waals surface area contributed by atoms with E-state index in [1.807, 2.05) is 45.3 Å². The third-order valence-corrected chi connectivity index (χ3v) is 10.6. The van der Waals surface area contributed by atoms with Crippen LogP contribution >= 0.6 is 45.3 Å². The molecule has 0 saturated carbocycles. The predicted octanol–water partition coefficient (Wildman–Crippen LogP) is 11.2. The van der Waals surface area contributed by atoms with Crippen LogP contribution in [0.3, 0.4) is 0 Å². The third-order valence-electron chi connectivity index (χ3n) is 5.95. The van der Waals surface area contributed by atoms with E-state index in [-0.39, 0.29) is 0 Å². The number of aryl methyl sites for hydroxylation is 2. The summed E-state index contributed by atoms with van der Waals surface area (Å²) in [6, 6.07) is 14.0. The molecule has 0 bridgehead atoms. The van der Waals surface area contributed by atoms with E-state index in [2.05, 4.69) is 61.0 Å². The summed E-state index contributed by atoms with van der Waals surface area (Å²) < 4.78 is 0. The van der Waals surface area contributed by atoms with Crippen LogP contribution in [0.5, 0.6) is 0 Å². The first-order valence-corrected chi connectivity index (χ1v) is 15.5. The zero-order valence-corrected chi connectivity index (χ0v) is 22.6. The zero-order valence-electron chi connectivity index (χ0n) is 19.3. The first kappa shape index (κ1) is 23.9. The first-order valence-electron chi connectivity index (χ1n) is 12.1. The van der Waals surface area contributed by atoms with Gasteiger partial charge in [-0.25, -0.2) is 0 Å². The second-order valence-corrected chi connectivity index (χ2v) is 12.5. The summed E-state index contributed by atoms with van der Waals surface area (Å²) in [6.07, 6.45) is 13.0. The van der Waals surface area contributed by atoms with Crippen LogP contribution in [-0.4, -0.2) is 0 Å². The lowest BCUT2D eigenvalue weighted by molar-refractivity contribution is 0.668. The standard InChI is InChI=1S/C28H34S4/c1-3-5-7-9-13-21-19-25(31-27(21)23-15-11-17-29-23)26-20-22(14-10-8-6-4-2)28(32-26)24-16-12-18-30-24/h11-12,15-20H,3-10,13-14H2,1-2H3. The fourth-order valence-electron chi connectivity index (χ4n) is 4.19. The van der Waals surface area contributed by atoms with Crippen LogP contribution in [0.2, 0.25) is 0 Å². The third kappa shape index (κ3) is 6.02. The van der Waals surface area contributed by atoms with Gasteiger partial charge in [0.05, 0.1) is 0 Å². The summed E-state index contributed by atoms with van der Waals surface area (Å²) in [5.74, 6) is 0. The number of rotatable bonds is 13. The molecule has 170 valence electrons. The van der Waals surface area contributed by atoms with Gasteiger partial charge < -0.3 is 0 Å². The predicted molar refractivity (Wildman–Crippen MR) is 150 cm³/mol. The van der Waals surface area contributed by atoms with Gasteiger partial charge in [-0.2, -0.15) is 0 Å². The van der Waals surface area contributed by atoms with E-state index in [0.717, 1.165) is 0 Å². The summed E-state index contributed by atoms with van der Waals surface area (Å²) in [4.78, 5) is 8.79. The Balaban J connectivity index is 1.63. The minimum absolute atomic E-state index is 1.21. The van der Waals surface area contributed by atoms with E-state index < -0.39 is 0 Å². The molecule has 32 heavy (non-hydrogen) atoms. The molecule has 0 nitrogen and oxygen atoms in total. The van der Waals surface area contributed by atoms with Crippen molar-refractivity contribution < 1.29 is 0 Å². The molecule has 4 aromatic heterocycles. The van der Waals surface area contributed by atoms with Gasteiger partial charge in [0.1, 0.15) is 0 Å². The lowest BCUT2D eigenvalue weighted by atomic mass is 10.0. The van der Waals surface area contributed by atoms with Gasteiger partial charge in [-0.15, -0.1) is 45.3 Å². The maximum atomic E-state index is 2.51. The molecule has 0 aliphatic carbocycles. The van der Waals surface area contributed by atoms with E-state index in [9.17, 15) is 0 Å². The van der Waals surface area contributed by atoms with Crippen molar-refractivity contribution in [3.63, 3.8) is 0 Å². The molecule has 0 aromatic carbocycles. The highest BCUT2D eigenvalue weighted by Crippen LogP contribution is 2.46. The lowest BCUT2D eigenvalue weighted by Crippen LogP contribution is -1.85. The summed E-state index contributed by atoms with van der Waals surface area (Å²) in [6.45, 7) is 4.59. The average Bonchev–Trinajstić information content (AvgIpc) is 3.60. The van der Waals surface area contributed by atoms with E-state index >= 15 is 0 Å². The van der Waals surface area contributed by atoms with Crippen LogP contribution in [0.15, 0.2) is 47.2 Å². The highest BCUT2D eigenvalue weighted by atomic mass is 32.1. The normalized spacial score (nSPS) is 11.4. The average molecular weight is 499 g/mol. The minimum Gasteiger partial charge on any atom is -0.143 e. The molecule has 0 saturated heterocycles. The van der Waals surface area contributed by atoms with Gasteiger partial charge in [0.15, 0.2) is 0 Å². The van der Waals surface area contributed by atoms with Crippen molar-refractivity contribution in [2.45, 2.75) is 78.1 Å². The highest BCUT2D eigenvalue weighted by molar-refractivity contribution is 7.28. The maximum Gasteiger partial charge on any atom is 0.0481 e. The van der Waals surface area contributed by atoms with Gasteiger partial charge in [0.25, 0.3) is 0 Å². The summed E-state index contributed by atoms with van der Waals surface area (Å²) in [5, 5.41) is 4.42. The minimum atomic E-state index is 1.21. The Labute approximate surface area is 210 Å². The molecule has 4 rings (SSSR count). The molecule has 4 heterocycles.